The molecule has 1 aromatic heterocycles. The number of likely N-dealkylation sites (N-methyl/N-ethyl adjacent to an activating group) is 1. The van der Waals surface area contributed by atoms with E-state index in [2.05, 4.69) is 42.3 Å². The second kappa shape index (κ2) is 6.01. The van der Waals surface area contributed by atoms with Crippen molar-refractivity contribution >= 4 is 0 Å². The van der Waals surface area contributed by atoms with Gasteiger partial charge in [-0.1, -0.05) is 29.3 Å². The molecule has 2 aromatic rings. The molecule has 1 aromatic carbocycles. The van der Waals surface area contributed by atoms with Crippen molar-refractivity contribution in [3.8, 4) is 0 Å². The van der Waals surface area contributed by atoms with Gasteiger partial charge in [0.15, 0.2) is 0 Å². The van der Waals surface area contributed by atoms with E-state index in [1.165, 1.54) is 16.7 Å². The van der Waals surface area contributed by atoms with E-state index >= 15 is 0 Å². The highest BCUT2D eigenvalue weighted by atomic mass is 16.1. The fraction of sp³-hybridized carbons (Fsp3) is 0.375. The molecule has 0 spiro atoms. The van der Waals surface area contributed by atoms with Gasteiger partial charge in [0, 0.05) is 18.9 Å². The van der Waals surface area contributed by atoms with E-state index in [4.69, 9.17) is 0 Å². The van der Waals surface area contributed by atoms with Crippen molar-refractivity contribution in [3.63, 3.8) is 0 Å². The van der Waals surface area contributed by atoms with Crippen LogP contribution in [0, 0.1) is 20.8 Å². The molecule has 1 unspecified atom stereocenters. The molecule has 0 bridgehead atoms. The van der Waals surface area contributed by atoms with Crippen LogP contribution in [-0.2, 0) is 6.54 Å². The van der Waals surface area contributed by atoms with Gasteiger partial charge in [-0.3, -0.25) is 4.57 Å². The largest absolute Gasteiger partial charge is 0.347 e. The number of nitrogens with zero attached hydrogens (tertiary/aromatic N) is 2. The zero-order chi connectivity index (χ0) is 14.7. The SMILES string of the molecule is CNC(Cn1cc(C)cnc1=O)c1cc(C)cc(C)c1. The highest BCUT2D eigenvalue weighted by Crippen LogP contribution is 2.18. The highest BCUT2D eigenvalue weighted by Gasteiger charge is 2.12. The van der Waals surface area contributed by atoms with Gasteiger partial charge in [-0.15, -0.1) is 0 Å². The van der Waals surface area contributed by atoms with Gasteiger partial charge < -0.3 is 5.32 Å². The van der Waals surface area contributed by atoms with Crippen molar-refractivity contribution in [3.05, 3.63) is 63.3 Å². The van der Waals surface area contributed by atoms with Crippen LogP contribution in [0.3, 0.4) is 0 Å². The predicted molar refractivity (Wildman–Crippen MR) is 81.0 cm³/mol. The lowest BCUT2D eigenvalue weighted by molar-refractivity contribution is 0.483. The van der Waals surface area contributed by atoms with Gasteiger partial charge >= 0.3 is 5.69 Å². The van der Waals surface area contributed by atoms with Crippen molar-refractivity contribution in [2.24, 2.45) is 0 Å². The first-order valence-corrected chi connectivity index (χ1v) is 6.78. The number of benzene rings is 1. The Hall–Kier alpha value is -1.94. The maximum absolute atomic E-state index is 11.8. The van der Waals surface area contributed by atoms with E-state index in [0.717, 1.165) is 5.56 Å². The standard InChI is InChI=1S/C16H21N3O/c1-11-5-12(2)7-14(6-11)15(17-4)10-19-9-13(3)8-18-16(19)20/h5-9,15,17H,10H2,1-4H3. The average molecular weight is 271 g/mol. The second-order valence-electron chi connectivity index (χ2n) is 5.33. The van der Waals surface area contributed by atoms with Crippen LogP contribution < -0.4 is 11.0 Å². The van der Waals surface area contributed by atoms with E-state index in [-0.39, 0.29) is 11.7 Å². The van der Waals surface area contributed by atoms with Crippen LogP contribution in [0.1, 0.15) is 28.3 Å². The van der Waals surface area contributed by atoms with Crippen molar-refractivity contribution in [1.29, 1.82) is 0 Å². The minimum Gasteiger partial charge on any atom is -0.312 e. The third-order valence-electron chi connectivity index (χ3n) is 3.36. The summed E-state index contributed by atoms with van der Waals surface area (Å²) in [4.78, 5) is 15.7. The molecule has 4 nitrogen and oxygen atoms in total. The first-order valence-electron chi connectivity index (χ1n) is 6.78. The lowest BCUT2D eigenvalue weighted by atomic mass is 10.0. The number of aryl methyl sites for hydroxylation is 3. The van der Waals surface area contributed by atoms with Gasteiger partial charge in [0.05, 0.1) is 6.04 Å². The van der Waals surface area contributed by atoms with E-state index in [0.29, 0.717) is 6.54 Å². The predicted octanol–water partition coefficient (Wildman–Crippen LogP) is 2.13. The summed E-state index contributed by atoms with van der Waals surface area (Å²) in [6.45, 7) is 6.69. The minimum atomic E-state index is -0.208. The molecule has 1 atom stereocenters. The third-order valence-corrected chi connectivity index (χ3v) is 3.36. The Balaban J connectivity index is 2.33. The average Bonchev–Trinajstić information content (AvgIpc) is 2.38. The fourth-order valence-electron chi connectivity index (χ4n) is 2.47. The molecule has 106 valence electrons. The Morgan fingerprint density at radius 2 is 1.80 bits per heavy atom. The number of hydrogen-bond acceptors (Lipinski definition) is 3. The van der Waals surface area contributed by atoms with E-state index in [1.54, 1.807) is 10.8 Å². The molecular formula is C16H21N3O. The Bertz CT molecular complexity index is 641. The summed E-state index contributed by atoms with van der Waals surface area (Å²) in [5.41, 5.74) is 4.43. The molecule has 0 aliphatic heterocycles. The van der Waals surface area contributed by atoms with Gasteiger partial charge in [0.25, 0.3) is 0 Å². The highest BCUT2D eigenvalue weighted by molar-refractivity contribution is 5.30. The Morgan fingerprint density at radius 3 is 2.40 bits per heavy atom. The zero-order valence-corrected chi connectivity index (χ0v) is 12.5. The minimum absolute atomic E-state index is 0.0925. The molecule has 0 radical (unpaired) electrons. The summed E-state index contributed by atoms with van der Waals surface area (Å²) in [5.74, 6) is 0. The van der Waals surface area contributed by atoms with Crippen LogP contribution in [0.5, 0.6) is 0 Å². The summed E-state index contributed by atoms with van der Waals surface area (Å²) in [6, 6.07) is 6.55. The maximum atomic E-state index is 11.8. The van der Waals surface area contributed by atoms with Crippen molar-refractivity contribution < 1.29 is 0 Å². The Labute approximate surface area is 119 Å². The summed E-state index contributed by atoms with van der Waals surface area (Å²) in [5, 5.41) is 3.28. The lowest BCUT2D eigenvalue weighted by Gasteiger charge is -2.19. The molecule has 4 heteroatoms. The number of nitrogens with one attached hydrogen (secondary N) is 1. The first-order chi connectivity index (χ1) is 9.49. The number of rotatable bonds is 4. The number of hydrogen-bond donors (Lipinski definition) is 1. The first kappa shape index (κ1) is 14.5. The normalized spacial score (nSPS) is 12.4. The van der Waals surface area contributed by atoms with Crippen LogP contribution in [-0.4, -0.2) is 16.6 Å². The summed E-state index contributed by atoms with van der Waals surface area (Å²) >= 11 is 0. The number of aromatic nitrogens is 2. The van der Waals surface area contributed by atoms with E-state index < -0.39 is 0 Å². The zero-order valence-electron chi connectivity index (χ0n) is 12.5. The smallest absolute Gasteiger partial charge is 0.312 e. The van der Waals surface area contributed by atoms with E-state index in [9.17, 15) is 4.79 Å². The molecule has 2 rings (SSSR count). The van der Waals surface area contributed by atoms with Gasteiger partial charge in [-0.05, 0) is 38.9 Å². The van der Waals surface area contributed by atoms with Gasteiger partial charge in [0.2, 0.25) is 0 Å². The maximum Gasteiger partial charge on any atom is 0.347 e. The molecule has 0 aliphatic rings. The van der Waals surface area contributed by atoms with E-state index in [1.807, 2.05) is 20.2 Å². The van der Waals surface area contributed by atoms with Crippen LogP contribution in [0.15, 0.2) is 35.4 Å². The van der Waals surface area contributed by atoms with Crippen molar-refractivity contribution in [1.82, 2.24) is 14.9 Å². The van der Waals surface area contributed by atoms with Crippen LogP contribution in [0.4, 0.5) is 0 Å². The molecular weight excluding hydrogens is 250 g/mol. The van der Waals surface area contributed by atoms with Gasteiger partial charge in [0.1, 0.15) is 0 Å². The monoisotopic (exact) mass is 271 g/mol. The van der Waals surface area contributed by atoms with Crippen LogP contribution in [0.2, 0.25) is 0 Å². The lowest BCUT2D eigenvalue weighted by Crippen LogP contribution is -2.30. The molecule has 0 saturated heterocycles. The molecule has 20 heavy (non-hydrogen) atoms. The second-order valence-corrected chi connectivity index (χ2v) is 5.33. The quantitative estimate of drug-likeness (QED) is 0.926. The molecule has 1 heterocycles. The van der Waals surface area contributed by atoms with Gasteiger partial charge in [-0.2, -0.15) is 0 Å². The van der Waals surface area contributed by atoms with Crippen molar-refractivity contribution in [2.45, 2.75) is 33.4 Å². The Morgan fingerprint density at radius 1 is 1.15 bits per heavy atom. The van der Waals surface area contributed by atoms with Crippen LogP contribution >= 0.6 is 0 Å². The molecule has 0 fully saturated rings. The Kier molecular flexibility index (Phi) is 4.35. The molecule has 1 N–H and O–H groups in total. The third kappa shape index (κ3) is 3.33. The molecule has 0 aliphatic carbocycles. The molecule has 0 amide bonds. The fourth-order valence-corrected chi connectivity index (χ4v) is 2.47. The van der Waals surface area contributed by atoms with Crippen molar-refractivity contribution in [2.75, 3.05) is 7.05 Å². The summed E-state index contributed by atoms with van der Waals surface area (Å²) < 4.78 is 1.66. The summed E-state index contributed by atoms with van der Waals surface area (Å²) in [6.07, 6.45) is 3.45. The van der Waals surface area contributed by atoms with Crippen LogP contribution in [0.25, 0.3) is 0 Å². The molecule has 0 saturated carbocycles. The topological polar surface area (TPSA) is 46.9 Å². The van der Waals surface area contributed by atoms with Gasteiger partial charge in [-0.25, -0.2) is 9.78 Å². The summed E-state index contributed by atoms with van der Waals surface area (Å²) in [7, 11) is 1.91.